The molecule has 1 N–H and O–H groups in total. The van der Waals surface area contributed by atoms with Crippen LogP contribution in [-0.4, -0.2) is 45.8 Å². The van der Waals surface area contributed by atoms with E-state index in [0.29, 0.717) is 29.9 Å². The van der Waals surface area contributed by atoms with Crippen molar-refractivity contribution in [1.82, 2.24) is 20.0 Å². The van der Waals surface area contributed by atoms with Crippen LogP contribution in [0.5, 0.6) is 0 Å². The highest BCUT2D eigenvalue weighted by molar-refractivity contribution is 5.99. The van der Waals surface area contributed by atoms with Crippen molar-refractivity contribution >= 4 is 5.91 Å². The van der Waals surface area contributed by atoms with Gasteiger partial charge in [-0.2, -0.15) is 5.10 Å². The summed E-state index contributed by atoms with van der Waals surface area (Å²) >= 11 is 0. The first kappa shape index (κ1) is 21.8. The minimum absolute atomic E-state index is 0.0975. The van der Waals surface area contributed by atoms with Crippen molar-refractivity contribution in [2.24, 2.45) is 0 Å². The van der Waals surface area contributed by atoms with Crippen LogP contribution in [-0.2, 0) is 0 Å². The van der Waals surface area contributed by atoms with Gasteiger partial charge < -0.3 is 5.32 Å². The molecule has 5 heteroatoms. The van der Waals surface area contributed by atoms with Crippen molar-refractivity contribution < 1.29 is 4.79 Å². The van der Waals surface area contributed by atoms with Crippen LogP contribution in [0.15, 0.2) is 60.8 Å². The summed E-state index contributed by atoms with van der Waals surface area (Å²) in [5.74, 6) is -0.0975. The average molecular weight is 405 g/mol. The van der Waals surface area contributed by atoms with E-state index in [1.165, 1.54) is 5.56 Å². The summed E-state index contributed by atoms with van der Waals surface area (Å²) in [7, 11) is 0. The molecule has 1 heterocycles. The lowest BCUT2D eigenvalue weighted by Crippen LogP contribution is -2.42. The smallest absolute Gasteiger partial charge is 0.255 e. The van der Waals surface area contributed by atoms with E-state index in [9.17, 15) is 4.79 Å². The van der Waals surface area contributed by atoms with Gasteiger partial charge in [0.1, 0.15) is 5.69 Å². The van der Waals surface area contributed by atoms with Gasteiger partial charge in [-0.15, -0.1) is 0 Å². The first-order valence-electron chi connectivity index (χ1n) is 10.6. The lowest BCUT2D eigenvalue weighted by molar-refractivity contribution is 0.0940. The number of benzene rings is 2. The molecule has 3 aromatic rings. The second kappa shape index (κ2) is 9.72. The van der Waals surface area contributed by atoms with Gasteiger partial charge in [0.25, 0.3) is 5.91 Å². The Morgan fingerprint density at radius 2 is 1.63 bits per heavy atom. The van der Waals surface area contributed by atoms with Gasteiger partial charge in [-0.25, -0.2) is 4.68 Å². The molecule has 1 aromatic heterocycles. The minimum atomic E-state index is -0.0975. The quantitative estimate of drug-likeness (QED) is 0.592. The van der Waals surface area contributed by atoms with E-state index in [1.54, 1.807) is 4.68 Å². The third-order valence-electron chi connectivity index (χ3n) is 5.29. The molecule has 5 nitrogen and oxygen atoms in total. The van der Waals surface area contributed by atoms with Crippen molar-refractivity contribution in [2.75, 3.05) is 13.1 Å². The zero-order chi connectivity index (χ0) is 21.7. The number of rotatable bonds is 8. The summed E-state index contributed by atoms with van der Waals surface area (Å²) in [4.78, 5) is 15.4. The molecule has 0 aliphatic carbocycles. The Morgan fingerprint density at radius 1 is 1.00 bits per heavy atom. The van der Waals surface area contributed by atoms with Gasteiger partial charge in [0.15, 0.2) is 0 Å². The van der Waals surface area contributed by atoms with Crippen molar-refractivity contribution in [3.8, 4) is 16.9 Å². The lowest BCUT2D eigenvalue weighted by atomic mass is 10.1. The van der Waals surface area contributed by atoms with Crippen molar-refractivity contribution in [2.45, 2.75) is 46.7 Å². The minimum Gasteiger partial charge on any atom is -0.351 e. The standard InChI is InChI=1S/C25H32N4O/c1-18(2)28(19(3)4)16-15-26-25(30)23-17-29(22-13-11-20(5)12-14-22)27-24(23)21-9-7-6-8-10-21/h6-14,17-19H,15-16H2,1-5H3,(H,26,30). The average Bonchev–Trinajstić information content (AvgIpc) is 3.17. The number of aryl methyl sites for hydroxylation is 1. The van der Waals surface area contributed by atoms with Gasteiger partial charge >= 0.3 is 0 Å². The van der Waals surface area contributed by atoms with E-state index >= 15 is 0 Å². The van der Waals surface area contributed by atoms with Gasteiger partial charge in [0.05, 0.1) is 11.3 Å². The first-order valence-corrected chi connectivity index (χ1v) is 10.6. The van der Waals surface area contributed by atoms with Crippen LogP contribution < -0.4 is 5.32 Å². The Morgan fingerprint density at radius 3 is 2.23 bits per heavy atom. The fourth-order valence-corrected chi connectivity index (χ4v) is 3.69. The van der Waals surface area contributed by atoms with Gasteiger partial charge in [-0.05, 0) is 46.8 Å². The molecule has 0 saturated carbocycles. The van der Waals surface area contributed by atoms with E-state index in [4.69, 9.17) is 5.10 Å². The number of carbonyl (C=O) groups is 1. The molecule has 0 fully saturated rings. The van der Waals surface area contributed by atoms with Crippen LogP contribution in [0.1, 0.15) is 43.6 Å². The maximum Gasteiger partial charge on any atom is 0.255 e. The summed E-state index contributed by atoms with van der Waals surface area (Å²) in [5.41, 5.74) is 4.33. The molecule has 0 spiro atoms. The van der Waals surface area contributed by atoms with Crippen LogP contribution in [0.4, 0.5) is 0 Å². The van der Waals surface area contributed by atoms with Crippen molar-refractivity contribution in [1.29, 1.82) is 0 Å². The van der Waals surface area contributed by atoms with Gasteiger partial charge in [-0.1, -0.05) is 48.0 Å². The maximum absolute atomic E-state index is 13.1. The number of nitrogens with one attached hydrogen (secondary N) is 1. The number of amides is 1. The molecular weight excluding hydrogens is 372 g/mol. The monoisotopic (exact) mass is 404 g/mol. The molecule has 158 valence electrons. The number of carbonyl (C=O) groups excluding carboxylic acids is 1. The molecular formula is C25H32N4O. The number of hydrogen-bond donors (Lipinski definition) is 1. The molecule has 2 aromatic carbocycles. The molecule has 0 unspecified atom stereocenters. The predicted molar refractivity (Wildman–Crippen MR) is 123 cm³/mol. The third-order valence-corrected chi connectivity index (χ3v) is 5.29. The van der Waals surface area contributed by atoms with Crippen LogP contribution in [0.25, 0.3) is 16.9 Å². The molecule has 1 amide bonds. The van der Waals surface area contributed by atoms with Crippen molar-refractivity contribution in [3.05, 3.63) is 71.9 Å². The van der Waals surface area contributed by atoms with E-state index < -0.39 is 0 Å². The van der Waals surface area contributed by atoms with Crippen LogP contribution in [0, 0.1) is 6.92 Å². The van der Waals surface area contributed by atoms with Crippen LogP contribution >= 0.6 is 0 Å². The Balaban J connectivity index is 1.85. The number of hydrogen-bond acceptors (Lipinski definition) is 3. The fourth-order valence-electron chi connectivity index (χ4n) is 3.69. The van der Waals surface area contributed by atoms with E-state index in [2.05, 4.69) is 44.8 Å². The summed E-state index contributed by atoms with van der Waals surface area (Å²) in [6.07, 6.45) is 1.82. The predicted octanol–water partition coefficient (Wildman–Crippen LogP) is 4.70. The highest BCUT2D eigenvalue weighted by Gasteiger charge is 2.19. The second-order valence-electron chi connectivity index (χ2n) is 8.22. The zero-order valence-corrected chi connectivity index (χ0v) is 18.6. The number of nitrogens with zero attached hydrogens (tertiary/aromatic N) is 3. The Kier molecular flexibility index (Phi) is 7.06. The SMILES string of the molecule is Cc1ccc(-n2cc(C(=O)NCCN(C(C)C)C(C)C)c(-c3ccccc3)n2)cc1. The molecule has 30 heavy (non-hydrogen) atoms. The van der Waals surface area contributed by atoms with E-state index in [1.807, 2.05) is 60.8 Å². The normalized spacial score (nSPS) is 11.5. The van der Waals surface area contributed by atoms with E-state index in [-0.39, 0.29) is 5.91 Å². The summed E-state index contributed by atoms with van der Waals surface area (Å²) in [5, 5.41) is 7.84. The molecule has 0 saturated heterocycles. The maximum atomic E-state index is 13.1. The van der Waals surface area contributed by atoms with E-state index in [0.717, 1.165) is 17.8 Å². The first-order chi connectivity index (χ1) is 14.4. The molecule has 0 atom stereocenters. The van der Waals surface area contributed by atoms with Crippen LogP contribution in [0.3, 0.4) is 0 Å². The second-order valence-corrected chi connectivity index (χ2v) is 8.22. The summed E-state index contributed by atoms with van der Waals surface area (Å²) in [6, 6.07) is 18.9. The number of aromatic nitrogens is 2. The van der Waals surface area contributed by atoms with Gasteiger partial charge in [0, 0.05) is 36.9 Å². The highest BCUT2D eigenvalue weighted by Crippen LogP contribution is 2.23. The lowest BCUT2D eigenvalue weighted by Gasteiger charge is -2.30. The zero-order valence-electron chi connectivity index (χ0n) is 18.6. The molecule has 3 rings (SSSR count). The van der Waals surface area contributed by atoms with Gasteiger partial charge in [0.2, 0.25) is 0 Å². The highest BCUT2D eigenvalue weighted by atomic mass is 16.1. The largest absolute Gasteiger partial charge is 0.351 e. The van der Waals surface area contributed by atoms with Crippen LogP contribution in [0.2, 0.25) is 0 Å². The van der Waals surface area contributed by atoms with Gasteiger partial charge in [-0.3, -0.25) is 9.69 Å². The summed E-state index contributed by atoms with van der Waals surface area (Å²) < 4.78 is 1.78. The third kappa shape index (κ3) is 5.16. The Labute approximate surface area is 179 Å². The summed E-state index contributed by atoms with van der Waals surface area (Å²) in [6.45, 7) is 12.2. The molecule has 0 aliphatic rings. The molecule has 0 aliphatic heterocycles. The fraction of sp³-hybridized carbons (Fsp3) is 0.360. The Bertz CT molecular complexity index is 951. The molecule has 0 radical (unpaired) electrons. The van der Waals surface area contributed by atoms with Crippen molar-refractivity contribution in [3.63, 3.8) is 0 Å². The Hall–Kier alpha value is -2.92. The molecule has 0 bridgehead atoms. The topological polar surface area (TPSA) is 50.2 Å².